The van der Waals surface area contributed by atoms with Crippen LogP contribution in [-0.2, 0) is 4.79 Å². The molecule has 0 aliphatic carbocycles. The second-order valence-electron chi connectivity index (χ2n) is 6.31. The van der Waals surface area contributed by atoms with Crippen molar-refractivity contribution in [2.75, 3.05) is 32.7 Å². The fourth-order valence-electron chi connectivity index (χ4n) is 3.20. The van der Waals surface area contributed by atoms with E-state index in [2.05, 4.69) is 9.80 Å². The molecule has 19 heavy (non-hydrogen) atoms. The van der Waals surface area contributed by atoms with E-state index >= 15 is 0 Å². The minimum absolute atomic E-state index is 0.549. The molecule has 2 aliphatic rings. The number of hydrogen-bond acceptors (Lipinski definition) is 4. The van der Waals surface area contributed by atoms with E-state index in [0.717, 1.165) is 32.1 Å². The number of carbonyl (C=O) groups is 1. The van der Waals surface area contributed by atoms with Crippen LogP contribution in [0.4, 0.5) is 0 Å². The quantitative estimate of drug-likeness (QED) is 0.744. The molecular formula is C14H27N3O2. The second kappa shape index (κ2) is 6.20. The second-order valence-corrected chi connectivity index (χ2v) is 6.31. The predicted octanol–water partition coefficient (Wildman–Crippen LogP) is 0.739. The average Bonchev–Trinajstić information content (AvgIpc) is 2.98. The maximum absolute atomic E-state index is 10.9. The SMILES string of the molecule is CC(N)(CCCN1CCC(N2CCCC2)C1)C(=O)O. The zero-order chi connectivity index (χ0) is 13.9. The fourth-order valence-corrected chi connectivity index (χ4v) is 3.20. The molecule has 0 spiro atoms. The van der Waals surface area contributed by atoms with Gasteiger partial charge in [0.2, 0.25) is 0 Å². The van der Waals surface area contributed by atoms with Crippen molar-refractivity contribution in [3.63, 3.8) is 0 Å². The van der Waals surface area contributed by atoms with Gasteiger partial charge in [0.15, 0.2) is 0 Å². The third-order valence-electron chi connectivity index (χ3n) is 4.56. The Bertz CT molecular complexity index is 314. The van der Waals surface area contributed by atoms with E-state index in [-0.39, 0.29) is 0 Å². The number of carboxylic acids is 1. The van der Waals surface area contributed by atoms with Crippen molar-refractivity contribution in [1.82, 2.24) is 9.80 Å². The summed E-state index contributed by atoms with van der Waals surface area (Å²) in [5.74, 6) is -0.899. The lowest BCUT2D eigenvalue weighted by atomic mass is 9.97. The highest BCUT2D eigenvalue weighted by Gasteiger charge is 2.30. The maximum Gasteiger partial charge on any atom is 0.323 e. The molecule has 110 valence electrons. The number of nitrogens with two attached hydrogens (primary N) is 1. The first-order valence-electron chi connectivity index (χ1n) is 7.48. The molecule has 2 atom stereocenters. The van der Waals surface area contributed by atoms with E-state index in [1.54, 1.807) is 6.92 Å². The van der Waals surface area contributed by atoms with Crippen LogP contribution in [0.3, 0.4) is 0 Å². The molecule has 2 fully saturated rings. The molecule has 0 bridgehead atoms. The Morgan fingerprint density at radius 3 is 2.68 bits per heavy atom. The number of carboxylic acid groups (broad SMARTS) is 1. The first kappa shape index (κ1) is 14.8. The molecule has 5 nitrogen and oxygen atoms in total. The average molecular weight is 269 g/mol. The third-order valence-corrected chi connectivity index (χ3v) is 4.56. The zero-order valence-electron chi connectivity index (χ0n) is 12.0. The van der Waals surface area contributed by atoms with Crippen LogP contribution in [0.1, 0.15) is 39.0 Å². The van der Waals surface area contributed by atoms with Crippen LogP contribution in [0.5, 0.6) is 0 Å². The van der Waals surface area contributed by atoms with Crippen molar-refractivity contribution in [2.24, 2.45) is 5.73 Å². The summed E-state index contributed by atoms with van der Waals surface area (Å²) in [6.07, 6.45) is 5.37. The van der Waals surface area contributed by atoms with Crippen molar-refractivity contribution in [1.29, 1.82) is 0 Å². The molecule has 0 aromatic rings. The minimum atomic E-state index is -1.08. The van der Waals surface area contributed by atoms with Crippen LogP contribution in [0.2, 0.25) is 0 Å². The highest BCUT2D eigenvalue weighted by Crippen LogP contribution is 2.21. The summed E-state index contributed by atoms with van der Waals surface area (Å²) in [5, 5.41) is 8.97. The Morgan fingerprint density at radius 1 is 1.37 bits per heavy atom. The van der Waals surface area contributed by atoms with Gasteiger partial charge in [-0.3, -0.25) is 9.69 Å². The Morgan fingerprint density at radius 2 is 2.05 bits per heavy atom. The van der Waals surface area contributed by atoms with Crippen molar-refractivity contribution < 1.29 is 9.90 Å². The van der Waals surface area contributed by atoms with Gasteiger partial charge in [0.25, 0.3) is 0 Å². The van der Waals surface area contributed by atoms with Crippen molar-refractivity contribution in [3.8, 4) is 0 Å². The standard InChI is InChI=1S/C14H27N3O2/c1-14(15,13(18)19)6-4-7-16-10-5-12(11-16)17-8-2-3-9-17/h12H,2-11,15H2,1H3,(H,18,19). The highest BCUT2D eigenvalue weighted by atomic mass is 16.4. The smallest absolute Gasteiger partial charge is 0.323 e. The van der Waals surface area contributed by atoms with Gasteiger partial charge >= 0.3 is 5.97 Å². The third kappa shape index (κ3) is 3.91. The number of likely N-dealkylation sites (tertiary alicyclic amines) is 2. The van der Waals surface area contributed by atoms with Gasteiger partial charge < -0.3 is 15.7 Å². The number of rotatable bonds is 6. The van der Waals surface area contributed by atoms with Crippen molar-refractivity contribution in [3.05, 3.63) is 0 Å². The molecule has 0 amide bonds. The van der Waals surface area contributed by atoms with Crippen LogP contribution in [0.25, 0.3) is 0 Å². The summed E-state index contributed by atoms with van der Waals surface area (Å²) in [7, 11) is 0. The molecule has 0 radical (unpaired) electrons. The number of hydrogen-bond donors (Lipinski definition) is 2. The Labute approximate surface area is 115 Å². The maximum atomic E-state index is 10.9. The summed E-state index contributed by atoms with van der Waals surface area (Å²) in [5.41, 5.74) is 4.67. The summed E-state index contributed by atoms with van der Waals surface area (Å²) in [6, 6.07) is 0.728. The van der Waals surface area contributed by atoms with E-state index in [4.69, 9.17) is 10.8 Å². The number of nitrogens with zero attached hydrogens (tertiary/aromatic N) is 2. The van der Waals surface area contributed by atoms with Gasteiger partial charge in [0, 0.05) is 12.6 Å². The van der Waals surface area contributed by atoms with E-state index in [0.29, 0.717) is 6.42 Å². The lowest BCUT2D eigenvalue weighted by Gasteiger charge is -2.24. The van der Waals surface area contributed by atoms with E-state index in [1.807, 2.05) is 0 Å². The lowest BCUT2D eigenvalue weighted by molar-refractivity contribution is -0.142. The summed E-state index contributed by atoms with van der Waals surface area (Å²) < 4.78 is 0. The molecule has 5 heteroatoms. The molecule has 2 saturated heterocycles. The van der Waals surface area contributed by atoms with Gasteiger partial charge in [0.1, 0.15) is 5.54 Å². The summed E-state index contributed by atoms with van der Waals surface area (Å²) in [6.45, 7) is 7.40. The van der Waals surface area contributed by atoms with Crippen LogP contribution in [0.15, 0.2) is 0 Å². The Hall–Kier alpha value is -0.650. The fraction of sp³-hybridized carbons (Fsp3) is 0.929. The summed E-state index contributed by atoms with van der Waals surface area (Å²) >= 11 is 0. The van der Waals surface area contributed by atoms with Gasteiger partial charge in [-0.1, -0.05) is 0 Å². The van der Waals surface area contributed by atoms with Gasteiger partial charge in [0.05, 0.1) is 0 Å². The first-order valence-corrected chi connectivity index (χ1v) is 7.48. The van der Waals surface area contributed by atoms with Gasteiger partial charge in [-0.05, 0) is 65.2 Å². The lowest BCUT2D eigenvalue weighted by Crippen LogP contribution is -2.45. The predicted molar refractivity (Wildman–Crippen MR) is 75.1 cm³/mol. The molecule has 3 N–H and O–H groups in total. The van der Waals surface area contributed by atoms with Gasteiger partial charge in [-0.2, -0.15) is 0 Å². The zero-order valence-corrected chi connectivity index (χ0v) is 12.0. The molecule has 0 aromatic carbocycles. The van der Waals surface area contributed by atoms with E-state index in [9.17, 15) is 4.79 Å². The molecular weight excluding hydrogens is 242 g/mol. The first-order chi connectivity index (χ1) is 8.99. The normalized spacial score (nSPS) is 28.6. The van der Waals surface area contributed by atoms with E-state index < -0.39 is 11.5 Å². The molecule has 2 rings (SSSR count). The van der Waals surface area contributed by atoms with Crippen LogP contribution < -0.4 is 5.73 Å². The van der Waals surface area contributed by atoms with Gasteiger partial charge in [-0.15, -0.1) is 0 Å². The Balaban J connectivity index is 1.66. The Kier molecular flexibility index (Phi) is 4.81. The minimum Gasteiger partial charge on any atom is -0.480 e. The van der Waals surface area contributed by atoms with E-state index in [1.165, 1.54) is 32.4 Å². The molecule has 0 aromatic heterocycles. The molecule has 2 unspecified atom stereocenters. The largest absolute Gasteiger partial charge is 0.480 e. The topological polar surface area (TPSA) is 69.8 Å². The van der Waals surface area contributed by atoms with Crippen LogP contribution >= 0.6 is 0 Å². The van der Waals surface area contributed by atoms with Crippen LogP contribution in [0, 0.1) is 0 Å². The monoisotopic (exact) mass is 269 g/mol. The molecule has 2 aliphatic heterocycles. The number of aliphatic carboxylic acids is 1. The van der Waals surface area contributed by atoms with Crippen LogP contribution in [-0.4, -0.2) is 65.2 Å². The molecule has 2 heterocycles. The van der Waals surface area contributed by atoms with Gasteiger partial charge in [-0.25, -0.2) is 0 Å². The highest BCUT2D eigenvalue weighted by molar-refractivity contribution is 5.77. The summed E-state index contributed by atoms with van der Waals surface area (Å²) in [4.78, 5) is 16.0. The van der Waals surface area contributed by atoms with Crippen molar-refractivity contribution in [2.45, 2.75) is 50.6 Å². The van der Waals surface area contributed by atoms with Crippen molar-refractivity contribution >= 4 is 5.97 Å². The molecule has 0 saturated carbocycles.